The molecule has 3 N–H and O–H groups in total. The first-order chi connectivity index (χ1) is 39.3. The van der Waals surface area contributed by atoms with Gasteiger partial charge in [-0.05, 0) is 127 Å². The van der Waals surface area contributed by atoms with Gasteiger partial charge in [-0.15, -0.1) is 23.5 Å². The van der Waals surface area contributed by atoms with Crippen molar-refractivity contribution >= 4 is 75.7 Å². The number of thioether (sulfide) groups is 2. The molecule has 0 bridgehead atoms. The summed E-state index contributed by atoms with van der Waals surface area (Å²) in [7, 11) is 1.50. The Labute approximate surface area is 499 Å². The molecule has 4 saturated heterocycles. The molecule has 4 aromatic carbocycles. The molecule has 0 unspecified atom stereocenters. The number of benzene rings is 4. The molecule has 6 amide bonds. The number of hydrogen-bond donors (Lipinski definition) is 3. The molecular formula is C65H86N6O10S2. The van der Waals surface area contributed by atoms with E-state index >= 15 is 0 Å². The van der Waals surface area contributed by atoms with Crippen LogP contribution in [0.15, 0.2) is 97.1 Å². The van der Waals surface area contributed by atoms with Crippen molar-refractivity contribution in [1.82, 2.24) is 30.7 Å². The molecule has 4 aromatic rings. The summed E-state index contributed by atoms with van der Waals surface area (Å²) in [5.74, 6) is -0.625. The van der Waals surface area contributed by atoms with Crippen molar-refractivity contribution in [3.05, 3.63) is 119 Å². The first-order valence-electron chi connectivity index (χ1n) is 29.4. The van der Waals surface area contributed by atoms with Gasteiger partial charge in [-0.1, -0.05) is 126 Å². The highest BCUT2D eigenvalue weighted by atomic mass is 32.2. The van der Waals surface area contributed by atoms with E-state index in [0.717, 1.165) is 33.0 Å². The summed E-state index contributed by atoms with van der Waals surface area (Å²) in [5.41, 5.74) is 1.98. The van der Waals surface area contributed by atoms with E-state index < -0.39 is 64.7 Å². The van der Waals surface area contributed by atoms with Gasteiger partial charge >= 0.3 is 6.09 Å². The van der Waals surface area contributed by atoms with Crippen LogP contribution in [0.1, 0.15) is 142 Å². The maximum atomic E-state index is 14.8. The second-order valence-corrected chi connectivity index (χ2v) is 28.0. The Bertz CT molecular complexity index is 2970. The van der Waals surface area contributed by atoms with Crippen LogP contribution < -0.4 is 16.0 Å². The number of fused-ring (bicyclic) bond motifs is 3. The molecule has 0 aromatic heterocycles. The van der Waals surface area contributed by atoms with Crippen LogP contribution in [-0.4, -0.2) is 134 Å². The fraction of sp³-hybridized carbons (Fsp3) is 0.554. The summed E-state index contributed by atoms with van der Waals surface area (Å²) in [4.78, 5) is 102. The van der Waals surface area contributed by atoms with Gasteiger partial charge in [0.05, 0.1) is 49.3 Å². The predicted octanol–water partition coefficient (Wildman–Crippen LogP) is 9.92. The van der Waals surface area contributed by atoms with Gasteiger partial charge in [0.1, 0.15) is 29.8 Å². The van der Waals surface area contributed by atoms with E-state index in [9.17, 15) is 33.6 Å². The number of amides is 6. The second kappa shape index (κ2) is 27.0. The van der Waals surface area contributed by atoms with Gasteiger partial charge in [0.15, 0.2) is 5.78 Å². The van der Waals surface area contributed by atoms with Crippen molar-refractivity contribution in [3.8, 4) is 0 Å². The van der Waals surface area contributed by atoms with Crippen molar-refractivity contribution in [2.24, 2.45) is 16.7 Å². The summed E-state index contributed by atoms with van der Waals surface area (Å²) in [5, 5.41) is 10.8. The number of Topliss-reactive ketones (excluding diaryl/α,β-unsaturated/α-hetero) is 1. The van der Waals surface area contributed by atoms with Gasteiger partial charge in [-0.3, -0.25) is 33.7 Å². The van der Waals surface area contributed by atoms with Gasteiger partial charge in [0, 0.05) is 25.3 Å². The third kappa shape index (κ3) is 15.3. The number of ketones is 1. The number of rotatable bonds is 21. The number of likely N-dealkylation sites (N-methyl/N-ethyl adjacent to an activating group) is 1. The average Bonchev–Trinajstić information content (AvgIpc) is 2.13. The molecule has 16 nitrogen and oxygen atoms in total. The Balaban J connectivity index is 0.886. The maximum Gasteiger partial charge on any atom is 0.410 e. The highest BCUT2D eigenvalue weighted by Gasteiger charge is 2.56. The SMILES string of the molecule is CC[C@@H](C)C(=O)N[C@H]1CCS[C@H]2CC(C)(C)[C@@H](C(=O)N[C@H](COCc3ccc4cc(COC[C@@H](CC(=O)[C@H]5N6C(=O)[C@@H](NC(=O)[C@H](C)N(C)C(=O)OC(C)(C)C)CCS[C@H]6CC5(C)C)c5ccccc5)ccc4c3)c3ccccc3)N2C1=O. The third-order valence-corrected chi connectivity index (χ3v) is 19.3. The van der Waals surface area contributed by atoms with Crippen LogP contribution in [0.4, 0.5) is 4.79 Å². The molecule has 0 spiro atoms. The van der Waals surface area contributed by atoms with E-state index in [1.54, 1.807) is 61.0 Å². The van der Waals surface area contributed by atoms with E-state index in [1.165, 1.54) is 11.9 Å². The van der Waals surface area contributed by atoms with Crippen LogP contribution in [0, 0.1) is 16.7 Å². The summed E-state index contributed by atoms with van der Waals surface area (Å²) in [6, 6.07) is 27.6. The molecule has 10 atom stereocenters. The molecule has 18 heteroatoms. The normalized spacial score (nSPS) is 23.6. The van der Waals surface area contributed by atoms with E-state index in [0.29, 0.717) is 56.8 Å². The topological polar surface area (TPSA) is 193 Å². The van der Waals surface area contributed by atoms with E-state index in [1.807, 2.05) is 114 Å². The van der Waals surface area contributed by atoms with Crippen LogP contribution in [0.25, 0.3) is 10.8 Å². The van der Waals surface area contributed by atoms with Crippen molar-refractivity contribution in [3.63, 3.8) is 0 Å². The van der Waals surface area contributed by atoms with Gasteiger partial charge in [0.25, 0.3) is 0 Å². The molecule has 0 saturated carbocycles. The predicted molar refractivity (Wildman–Crippen MR) is 326 cm³/mol. The first-order valence-corrected chi connectivity index (χ1v) is 31.5. The Morgan fingerprint density at radius 3 is 1.71 bits per heavy atom. The molecule has 8 rings (SSSR count). The van der Waals surface area contributed by atoms with Crippen molar-refractivity contribution in [2.45, 2.75) is 179 Å². The van der Waals surface area contributed by atoms with Gasteiger partial charge in [-0.25, -0.2) is 4.79 Å². The van der Waals surface area contributed by atoms with Crippen molar-refractivity contribution in [2.75, 3.05) is 31.8 Å². The largest absolute Gasteiger partial charge is 0.444 e. The molecule has 4 aliphatic heterocycles. The van der Waals surface area contributed by atoms with Gasteiger partial charge < -0.3 is 40.0 Å². The lowest BCUT2D eigenvalue weighted by atomic mass is 9.79. The molecule has 448 valence electrons. The van der Waals surface area contributed by atoms with Gasteiger partial charge in [0.2, 0.25) is 29.5 Å². The summed E-state index contributed by atoms with van der Waals surface area (Å²) < 4.78 is 18.3. The minimum atomic E-state index is -0.904. The monoisotopic (exact) mass is 1170 g/mol. The summed E-state index contributed by atoms with van der Waals surface area (Å²) in [6.07, 6.45) is 2.36. The molecular weight excluding hydrogens is 1090 g/mol. The Hall–Kier alpha value is -5.95. The van der Waals surface area contributed by atoms with Crippen LogP contribution >= 0.6 is 23.5 Å². The highest BCUT2D eigenvalue weighted by molar-refractivity contribution is 8.00. The molecule has 4 aliphatic rings. The van der Waals surface area contributed by atoms with Gasteiger partial charge in [-0.2, -0.15) is 0 Å². The second-order valence-electron chi connectivity index (χ2n) is 25.4. The van der Waals surface area contributed by atoms with Crippen LogP contribution in [0.2, 0.25) is 0 Å². The molecule has 0 radical (unpaired) electrons. The zero-order chi connectivity index (χ0) is 60.0. The Kier molecular flexibility index (Phi) is 20.5. The van der Waals surface area contributed by atoms with Crippen LogP contribution in [-0.2, 0) is 56.2 Å². The fourth-order valence-electron chi connectivity index (χ4n) is 11.9. The van der Waals surface area contributed by atoms with Crippen molar-refractivity contribution < 1.29 is 47.8 Å². The van der Waals surface area contributed by atoms with Crippen LogP contribution in [0.3, 0.4) is 0 Å². The molecule has 0 aliphatic carbocycles. The van der Waals surface area contributed by atoms with E-state index in [2.05, 4.69) is 40.2 Å². The number of carbonyl (C=O) groups is 7. The summed E-state index contributed by atoms with van der Waals surface area (Å²) >= 11 is 3.31. The minimum absolute atomic E-state index is 0.0602. The lowest BCUT2D eigenvalue weighted by molar-refractivity contribution is -0.144. The standard InChI is InChI=1S/C65H86N6O10S2/c1-12-40(2)57(73)66-49-27-29-83-54-35-65(9,10)56(71(54)61(49)77)59(75)68-51(45-21-17-14-18-22-45)39-80-37-43-24-26-46-31-42(23-25-47(46)32-43)36-79-38-48(44-19-15-13-16-20-44)33-52(72)55-64(7,8)34-53-70(55)60(76)50(28-30-82-53)67-58(74)41(3)69(11)62(78)81-63(4,5)6/h13-26,31-32,40-41,48-51,53-56H,12,27-30,33-39H2,1-11H3,(H,66,73)(H,67,74)(H,68,75)/t40-,41+,48-,49+,50+,51-,53+,54+,55-,56-/m1/s1. The first kappa shape index (κ1) is 63.1. The number of ether oxygens (including phenoxy) is 3. The number of nitrogens with one attached hydrogen (secondary N) is 3. The smallest absolute Gasteiger partial charge is 0.410 e. The zero-order valence-corrected chi connectivity index (χ0v) is 51.9. The third-order valence-electron chi connectivity index (χ3n) is 16.8. The van der Waals surface area contributed by atoms with E-state index in [4.69, 9.17) is 14.2 Å². The minimum Gasteiger partial charge on any atom is -0.444 e. The summed E-state index contributed by atoms with van der Waals surface area (Å²) in [6.45, 7) is 19.9. The molecule has 83 heavy (non-hydrogen) atoms. The van der Waals surface area contributed by atoms with Crippen molar-refractivity contribution in [1.29, 1.82) is 0 Å². The van der Waals surface area contributed by atoms with E-state index in [-0.39, 0.29) is 71.6 Å². The number of nitrogens with zero attached hydrogens (tertiary/aromatic N) is 3. The number of hydrogen-bond acceptors (Lipinski definition) is 12. The zero-order valence-electron chi connectivity index (χ0n) is 50.2. The molecule has 4 heterocycles. The lowest BCUT2D eigenvalue weighted by Gasteiger charge is -2.35. The Morgan fingerprint density at radius 1 is 0.687 bits per heavy atom. The average molecular weight is 1180 g/mol. The molecule has 4 fully saturated rings. The lowest BCUT2D eigenvalue weighted by Crippen LogP contribution is -2.57. The maximum absolute atomic E-state index is 14.8. The highest BCUT2D eigenvalue weighted by Crippen LogP contribution is 2.48. The quantitative estimate of drug-likeness (QED) is 0.0716. The fourth-order valence-corrected chi connectivity index (χ4v) is 15.1. The number of carbonyl (C=O) groups excluding carboxylic acids is 7. The van der Waals surface area contributed by atoms with Crippen LogP contribution in [0.5, 0.6) is 0 Å². The Morgan fingerprint density at radius 2 is 1.18 bits per heavy atom.